The van der Waals surface area contributed by atoms with Crippen LogP contribution < -0.4 is 0 Å². The van der Waals surface area contributed by atoms with Gasteiger partial charge < -0.3 is 14.2 Å². The molecule has 0 aromatic carbocycles. The molecule has 0 bridgehead atoms. The van der Waals surface area contributed by atoms with Gasteiger partial charge in [0.2, 0.25) is 0 Å². The van der Waals surface area contributed by atoms with E-state index in [-0.39, 0.29) is 18.1 Å². The van der Waals surface area contributed by atoms with E-state index in [4.69, 9.17) is 4.74 Å². The average Bonchev–Trinajstić information content (AvgIpc) is 3.24. The first-order chi connectivity index (χ1) is 11.2. The van der Waals surface area contributed by atoms with Crippen LogP contribution in [0.2, 0.25) is 0 Å². The summed E-state index contributed by atoms with van der Waals surface area (Å²) in [5.74, 6) is 1.64. The minimum Gasteiger partial charge on any atom is -0.368 e. The van der Waals surface area contributed by atoms with Crippen molar-refractivity contribution in [1.82, 2.24) is 24.6 Å². The molecule has 4 heterocycles. The molecule has 0 unspecified atom stereocenters. The van der Waals surface area contributed by atoms with Crippen molar-refractivity contribution in [1.29, 1.82) is 0 Å². The van der Waals surface area contributed by atoms with Crippen molar-refractivity contribution in [2.45, 2.75) is 38.5 Å². The van der Waals surface area contributed by atoms with Crippen LogP contribution in [0.1, 0.15) is 31.6 Å². The van der Waals surface area contributed by atoms with Crippen LogP contribution in [0.25, 0.3) is 11.5 Å². The van der Waals surface area contributed by atoms with Crippen molar-refractivity contribution >= 4 is 5.91 Å². The molecule has 1 amide bonds. The Morgan fingerprint density at radius 2 is 2.26 bits per heavy atom. The second-order valence-electron chi connectivity index (χ2n) is 6.09. The molecule has 120 valence electrons. The van der Waals surface area contributed by atoms with Crippen LogP contribution in [0.4, 0.5) is 0 Å². The lowest BCUT2D eigenvalue weighted by Crippen LogP contribution is -2.45. The van der Waals surface area contributed by atoms with Crippen molar-refractivity contribution < 1.29 is 9.53 Å². The van der Waals surface area contributed by atoms with Gasteiger partial charge in [-0.05, 0) is 31.9 Å². The maximum Gasteiger partial charge on any atom is 0.252 e. The molecule has 2 aromatic rings. The minimum atomic E-state index is -0.285. The highest BCUT2D eigenvalue weighted by molar-refractivity contribution is 5.81. The fraction of sp³-hybridized carbons (Fsp3) is 0.500. The topological polar surface area (TPSA) is 73.1 Å². The summed E-state index contributed by atoms with van der Waals surface area (Å²) >= 11 is 0. The fourth-order valence-electron chi connectivity index (χ4n) is 3.34. The van der Waals surface area contributed by atoms with Crippen molar-refractivity contribution in [3.05, 3.63) is 30.2 Å². The van der Waals surface area contributed by atoms with Gasteiger partial charge in [-0.3, -0.25) is 9.78 Å². The van der Waals surface area contributed by atoms with E-state index in [1.807, 2.05) is 23.1 Å². The molecule has 1 saturated heterocycles. The van der Waals surface area contributed by atoms with E-state index in [9.17, 15) is 4.79 Å². The number of fused-ring (bicyclic) bond motifs is 1. The number of ether oxygens (including phenoxy) is 1. The molecule has 7 heteroatoms. The van der Waals surface area contributed by atoms with E-state index in [0.29, 0.717) is 19.7 Å². The number of amides is 1. The van der Waals surface area contributed by atoms with Crippen LogP contribution in [0.3, 0.4) is 0 Å². The average molecular weight is 313 g/mol. The van der Waals surface area contributed by atoms with Gasteiger partial charge in [-0.15, -0.1) is 10.2 Å². The lowest BCUT2D eigenvalue weighted by atomic mass is 10.1. The third-order valence-electron chi connectivity index (χ3n) is 4.43. The second kappa shape index (κ2) is 5.73. The third kappa shape index (κ3) is 2.50. The summed E-state index contributed by atoms with van der Waals surface area (Å²) in [6.07, 6.45) is 3.24. The largest absolute Gasteiger partial charge is 0.368 e. The SMILES string of the molecule is C[C@H]1CN(C(=O)[C@H]2CCCO2)Cc2nnc(-c3ccccn3)n21. The van der Waals surface area contributed by atoms with Crippen LogP contribution in [-0.2, 0) is 16.1 Å². The molecule has 0 spiro atoms. The molecule has 23 heavy (non-hydrogen) atoms. The number of rotatable bonds is 2. The summed E-state index contributed by atoms with van der Waals surface area (Å²) in [6.45, 7) is 3.88. The molecule has 0 aliphatic carbocycles. The van der Waals surface area contributed by atoms with Gasteiger partial charge in [0.15, 0.2) is 11.6 Å². The van der Waals surface area contributed by atoms with Crippen molar-refractivity contribution in [2.24, 2.45) is 0 Å². The van der Waals surface area contributed by atoms with Gasteiger partial charge in [0.05, 0.1) is 12.6 Å². The zero-order chi connectivity index (χ0) is 15.8. The van der Waals surface area contributed by atoms with Gasteiger partial charge in [0.25, 0.3) is 5.91 Å². The summed E-state index contributed by atoms with van der Waals surface area (Å²) in [5, 5.41) is 8.57. The predicted molar refractivity (Wildman–Crippen MR) is 82.4 cm³/mol. The van der Waals surface area contributed by atoms with Gasteiger partial charge in [-0.1, -0.05) is 6.07 Å². The third-order valence-corrected chi connectivity index (χ3v) is 4.43. The van der Waals surface area contributed by atoms with E-state index in [0.717, 1.165) is 30.2 Å². The molecule has 1 fully saturated rings. The molecule has 0 saturated carbocycles. The Hall–Kier alpha value is -2.28. The zero-order valence-corrected chi connectivity index (χ0v) is 13.1. The van der Waals surface area contributed by atoms with Gasteiger partial charge >= 0.3 is 0 Å². The predicted octanol–water partition coefficient (Wildman–Crippen LogP) is 1.42. The van der Waals surface area contributed by atoms with Crippen LogP contribution in [0.15, 0.2) is 24.4 Å². The monoisotopic (exact) mass is 313 g/mol. The Balaban J connectivity index is 1.61. The number of hydrogen-bond donors (Lipinski definition) is 0. The maximum atomic E-state index is 12.6. The van der Waals surface area contributed by atoms with Gasteiger partial charge in [0.1, 0.15) is 11.8 Å². The smallest absolute Gasteiger partial charge is 0.252 e. The molecular weight excluding hydrogens is 294 g/mol. The molecule has 2 aliphatic rings. The van der Waals surface area contributed by atoms with E-state index >= 15 is 0 Å². The standard InChI is InChI=1S/C16H19N5O2/c1-11-9-20(16(22)13-6-4-8-23-13)10-14-18-19-15(21(11)14)12-5-2-3-7-17-12/h2-3,5,7,11,13H,4,6,8-10H2,1H3/t11-,13+/m0/s1. The number of carbonyl (C=O) groups excluding carboxylic acids is 1. The number of hydrogen-bond acceptors (Lipinski definition) is 5. The van der Waals surface area contributed by atoms with Crippen LogP contribution in [0.5, 0.6) is 0 Å². The molecule has 2 aliphatic heterocycles. The molecule has 2 atom stereocenters. The van der Waals surface area contributed by atoms with Crippen molar-refractivity contribution in [3.8, 4) is 11.5 Å². The summed E-state index contributed by atoms with van der Waals surface area (Å²) < 4.78 is 7.61. The minimum absolute atomic E-state index is 0.0722. The van der Waals surface area contributed by atoms with E-state index < -0.39 is 0 Å². The first-order valence-corrected chi connectivity index (χ1v) is 7.99. The maximum absolute atomic E-state index is 12.6. The molecule has 0 N–H and O–H groups in total. The Morgan fingerprint density at radius 1 is 1.35 bits per heavy atom. The number of nitrogens with zero attached hydrogens (tertiary/aromatic N) is 5. The second-order valence-corrected chi connectivity index (χ2v) is 6.09. The van der Waals surface area contributed by atoms with E-state index in [1.54, 1.807) is 6.20 Å². The Morgan fingerprint density at radius 3 is 3.00 bits per heavy atom. The van der Waals surface area contributed by atoms with Gasteiger partial charge in [0, 0.05) is 19.3 Å². The molecule has 7 nitrogen and oxygen atoms in total. The summed E-state index contributed by atoms with van der Waals surface area (Å²) in [7, 11) is 0. The number of aromatic nitrogens is 4. The Kier molecular flexibility index (Phi) is 3.57. The van der Waals surface area contributed by atoms with Crippen LogP contribution in [0, 0.1) is 0 Å². The normalized spacial score (nSPS) is 23.8. The Labute approximate surface area is 134 Å². The molecule has 4 rings (SSSR count). The number of pyridine rings is 1. The van der Waals surface area contributed by atoms with Crippen LogP contribution >= 0.6 is 0 Å². The van der Waals surface area contributed by atoms with E-state index in [1.165, 1.54) is 0 Å². The molecule has 0 radical (unpaired) electrons. The fourth-order valence-corrected chi connectivity index (χ4v) is 3.34. The first kappa shape index (κ1) is 14.3. The lowest BCUT2D eigenvalue weighted by molar-refractivity contribution is -0.143. The number of carbonyl (C=O) groups is 1. The van der Waals surface area contributed by atoms with Crippen LogP contribution in [-0.4, -0.2) is 49.8 Å². The van der Waals surface area contributed by atoms with Crippen molar-refractivity contribution in [2.75, 3.05) is 13.2 Å². The summed E-state index contributed by atoms with van der Waals surface area (Å²) in [4.78, 5) is 18.8. The van der Waals surface area contributed by atoms with Gasteiger partial charge in [-0.2, -0.15) is 0 Å². The quantitative estimate of drug-likeness (QED) is 0.838. The van der Waals surface area contributed by atoms with Crippen molar-refractivity contribution in [3.63, 3.8) is 0 Å². The Bertz CT molecular complexity index is 709. The van der Waals surface area contributed by atoms with E-state index in [2.05, 4.69) is 26.7 Å². The highest BCUT2D eigenvalue weighted by atomic mass is 16.5. The zero-order valence-electron chi connectivity index (χ0n) is 13.1. The molecule has 2 aromatic heterocycles. The first-order valence-electron chi connectivity index (χ1n) is 7.99. The lowest BCUT2D eigenvalue weighted by Gasteiger charge is -2.33. The summed E-state index contributed by atoms with van der Waals surface area (Å²) in [6, 6.07) is 5.84. The highest BCUT2D eigenvalue weighted by Gasteiger charge is 2.34. The molecular formula is C16H19N5O2. The van der Waals surface area contributed by atoms with Gasteiger partial charge in [-0.25, -0.2) is 0 Å². The summed E-state index contributed by atoms with van der Waals surface area (Å²) in [5.41, 5.74) is 0.803. The highest BCUT2D eigenvalue weighted by Crippen LogP contribution is 2.27.